The SMILES string of the molecule is c1ccc(-c2ccc(N(c3ccc(-c4ccc5c(c4)oc4ccc6nc(-c7ccccc7)oc6c45)cc3)c3ccc4c5ccccc5n(-c5ccccc5)c4c3)cc2)cc1. The van der Waals surface area contributed by atoms with Crippen LogP contribution >= 0.6 is 0 Å². The Hall–Kier alpha value is -8.15. The van der Waals surface area contributed by atoms with Gasteiger partial charge in [-0.3, -0.25) is 0 Å². The number of aromatic nitrogens is 2. The number of nitrogens with zero attached hydrogens (tertiary/aromatic N) is 3. The standard InChI is InChI=1S/C55H35N3O2/c1-4-12-36(13-5-1)37-20-25-42(26-21-37)57(44-29-31-46-45-18-10-11-19-49(45)58(50(46)35-44)41-16-8-3-9-17-41)43-27-22-38(23-28-43)40-24-30-47-52(34-40)59-51-33-32-48-54(53(47)51)60-55(56-48)39-14-6-2-7-15-39/h1-35H. The Morgan fingerprint density at radius 2 is 0.950 bits per heavy atom. The fraction of sp³-hybridized carbons (Fsp3) is 0. The molecule has 5 nitrogen and oxygen atoms in total. The van der Waals surface area contributed by atoms with Crippen LogP contribution in [0.25, 0.3) is 94.2 Å². The van der Waals surface area contributed by atoms with Crippen LogP contribution in [0.5, 0.6) is 0 Å². The highest BCUT2D eigenvalue weighted by Gasteiger charge is 2.20. The fourth-order valence-corrected chi connectivity index (χ4v) is 8.77. The molecule has 0 saturated carbocycles. The van der Waals surface area contributed by atoms with Crippen molar-refractivity contribution in [3.05, 3.63) is 212 Å². The molecule has 0 aliphatic heterocycles. The van der Waals surface area contributed by atoms with Crippen molar-refractivity contribution in [3.8, 4) is 39.4 Å². The normalized spacial score (nSPS) is 11.7. The van der Waals surface area contributed by atoms with Crippen molar-refractivity contribution in [1.29, 1.82) is 0 Å². The molecule has 12 rings (SSSR count). The van der Waals surface area contributed by atoms with E-state index in [9.17, 15) is 0 Å². The van der Waals surface area contributed by atoms with E-state index in [1.165, 1.54) is 27.4 Å². The van der Waals surface area contributed by atoms with Crippen molar-refractivity contribution in [1.82, 2.24) is 9.55 Å². The van der Waals surface area contributed by atoms with Crippen LogP contribution in [0.15, 0.2) is 221 Å². The average Bonchev–Trinajstić information content (AvgIpc) is 4.02. The second-order valence-electron chi connectivity index (χ2n) is 15.2. The van der Waals surface area contributed by atoms with Crippen LogP contribution in [0.1, 0.15) is 0 Å². The molecule has 282 valence electrons. The van der Waals surface area contributed by atoms with E-state index in [1.54, 1.807) is 0 Å². The molecule has 0 atom stereocenters. The number of fused-ring (bicyclic) bond motifs is 8. The van der Waals surface area contributed by atoms with Crippen LogP contribution in [-0.4, -0.2) is 9.55 Å². The van der Waals surface area contributed by atoms with E-state index in [2.05, 4.69) is 179 Å². The number of anilines is 3. The molecule has 0 radical (unpaired) electrons. The third-order valence-corrected chi connectivity index (χ3v) is 11.6. The third kappa shape index (κ3) is 5.59. The molecule has 0 aliphatic carbocycles. The summed E-state index contributed by atoms with van der Waals surface area (Å²) in [7, 11) is 0. The minimum absolute atomic E-state index is 0.601. The number of para-hydroxylation sites is 2. The molecule has 0 bridgehead atoms. The van der Waals surface area contributed by atoms with Crippen LogP contribution in [0.3, 0.4) is 0 Å². The van der Waals surface area contributed by atoms with Gasteiger partial charge in [-0.05, 0) is 113 Å². The van der Waals surface area contributed by atoms with Crippen molar-refractivity contribution >= 4 is 71.9 Å². The highest BCUT2D eigenvalue weighted by Crippen LogP contribution is 2.42. The highest BCUT2D eigenvalue weighted by atomic mass is 16.4. The zero-order valence-electron chi connectivity index (χ0n) is 32.4. The van der Waals surface area contributed by atoms with Gasteiger partial charge in [0.2, 0.25) is 5.89 Å². The highest BCUT2D eigenvalue weighted by molar-refractivity contribution is 6.17. The van der Waals surface area contributed by atoms with Crippen molar-refractivity contribution < 1.29 is 8.83 Å². The molecule has 9 aromatic carbocycles. The smallest absolute Gasteiger partial charge is 0.227 e. The zero-order valence-corrected chi connectivity index (χ0v) is 32.4. The van der Waals surface area contributed by atoms with Gasteiger partial charge in [0.25, 0.3) is 0 Å². The molecular formula is C55H35N3O2. The maximum Gasteiger partial charge on any atom is 0.227 e. The number of oxazole rings is 1. The molecule has 3 aromatic heterocycles. The molecule has 12 aromatic rings. The molecule has 0 aliphatic rings. The maximum atomic E-state index is 6.46. The van der Waals surface area contributed by atoms with Crippen LogP contribution in [0.2, 0.25) is 0 Å². The maximum absolute atomic E-state index is 6.46. The first-order valence-corrected chi connectivity index (χ1v) is 20.2. The Bertz CT molecular complexity index is 3510. The molecular weight excluding hydrogens is 735 g/mol. The van der Waals surface area contributed by atoms with Crippen LogP contribution < -0.4 is 4.90 Å². The summed E-state index contributed by atoms with van der Waals surface area (Å²) in [6, 6.07) is 74.7. The molecule has 60 heavy (non-hydrogen) atoms. The van der Waals surface area contributed by atoms with Gasteiger partial charge in [0.1, 0.15) is 16.7 Å². The van der Waals surface area contributed by atoms with E-state index in [0.717, 1.165) is 78.0 Å². The van der Waals surface area contributed by atoms with Gasteiger partial charge in [-0.1, -0.05) is 121 Å². The summed E-state index contributed by atoms with van der Waals surface area (Å²) in [4.78, 5) is 7.15. The summed E-state index contributed by atoms with van der Waals surface area (Å²) in [5.74, 6) is 0.601. The predicted octanol–water partition coefficient (Wildman–Crippen LogP) is 15.3. The first-order valence-electron chi connectivity index (χ1n) is 20.2. The first-order chi connectivity index (χ1) is 29.7. The zero-order chi connectivity index (χ0) is 39.6. The quantitative estimate of drug-likeness (QED) is 0.162. The summed E-state index contributed by atoms with van der Waals surface area (Å²) in [5, 5.41) is 4.39. The largest absolute Gasteiger partial charge is 0.456 e. The van der Waals surface area contributed by atoms with Gasteiger partial charge in [0.15, 0.2) is 5.58 Å². The van der Waals surface area contributed by atoms with Gasteiger partial charge >= 0.3 is 0 Å². The van der Waals surface area contributed by atoms with Gasteiger partial charge in [0, 0.05) is 44.5 Å². The molecule has 0 amide bonds. The summed E-state index contributed by atoms with van der Waals surface area (Å²) in [5.41, 5.74) is 15.3. The van der Waals surface area contributed by atoms with Gasteiger partial charge < -0.3 is 18.3 Å². The van der Waals surface area contributed by atoms with Gasteiger partial charge in [-0.2, -0.15) is 0 Å². The van der Waals surface area contributed by atoms with E-state index in [1.807, 2.05) is 42.5 Å². The molecule has 0 fully saturated rings. The van der Waals surface area contributed by atoms with Crippen molar-refractivity contribution in [2.24, 2.45) is 0 Å². The molecule has 0 spiro atoms. The predicted molar refractivity (Wildman–Crippen MR) is 247 cm³/mol. The molecule has 0 unspecified atom stereocenters. The van der Waals surface area contributed by atoms with E-state index in [0.29, 0.717) is 5.89 Å². The summed E-state index contributed by atoms with van der Waals surface area (Å²) >= 11 is 0. The lowest BCUT2D eigenvalue weighted by atomic mass is 10.0. The number of hydrogen-bond acceptors (Lipinski definition) is 4. The Balaban J connectivity index is 0.958. The minimum atomic E-state index is 0.601. The first kappa shape index (κ1) is 33.9. The lowest BCUT2D eigenvalue weighted by Crippen LogP contribution is -2.10. The molecule has 0 N–H and O–H groups in total. The van der Waals surface area contributed by atoms with Crippen LogP contribution in [0.4, 0.5) is 17.1 Å². The van der Waals surface area contributed by atoms with Gasteiger partial charge in [-0.15, -0.1) is 0 Å². The monoisotopic (exact) mass is 769 g/mol. The topological polar surface area (TPSA) is 47.3 Å². The van der Waals surface area contributed by atoms with E-state index < -0.39 is 0 Å². The summed E-state index contributed by atoms with van der Waals surface area (Å²) < 4.78 is 15.2. The van der Waals surface area contributed by atoms with E-state index >= 15 is 0 Å². The second-order valence-corrected chi connectivity index (χ2v) is 15.2. The lowest BCUT2D eigenvalue weighted by Gasteiger charge is -2.26. The van der Waals surface area contributed by atoms with E-state index in [-0.39, 0.29) is 0 Å². The van der Waals surface area contributed by atoms with Crippen molar-refractivity contribution in [2.45, 2.75) is 0 Å². The summed E-state index contributed by atoms with van der Waals surface area (Å²) in [6.07, 6.45) is 0. The fourth-order valence-electron chi connectivity index (χ4n) is 8.77. The Morgan fingerprint density at radius 3 is 1.68 bits per heavy atom. The van der Waals surface area contributed by atoms with Gasteiger partial charge in [-0.25, -0.2) is 4.98 Å². The van der Waals surface area contributed by atoms with Crippen molar-refractivity contribution in [3.63, 3.8) is 0 Å². The Morgan fingerprint density at radius 1 is 0.383 bits per heavy atom. The average molecular weight is 770 g/mol. The number of hydrogen-bond donors (Lipinski definition) is 0. The number of rotatable bonds is 7. The summed E-state index contributed by atoms with van der Waals surface area (Å²) in [6.45, 7) is 0. The molecule has 3 heterocycles. The van der Waals surface area contributed by atoms with Gasteiger partial charge in [0.05, 0.1) is 16.4 Å². The van der Waals surface area contributed by atoms with Crippen LogP contribution in [0, 0.1) is 0 Å². The Labute approximate surface area is 345 Å². The third-order valence-electron chi connectivity index (χ3n) is 11.6. The lowest BCUT2D eigenvalue weighted by molar-refractivity contribution is 0.622. The van der Waals surface area contributed by atoms with Crippen LogP contribution in [-0.2, 0) is 0 Å². The number of furan rings is 1. The molecule has 0 saturated heterocycles. The Kier molecular flexibility index (Phi) is 7.78. The van der Waals surface area contributed by atoms with E-state index in [4.69, 9.17) is 13.8 Å². The molecule has 5 heteroatoms. The number of benzene rings is 9. The minimum Gasteiger partial charge on any atom is -0.456 e. The second kappa shape index (κ2) is 13.8. The van der Waals surface area contributed by atoms with Crippen molar-refractivity contribution in [2.75, 3.05) is 4.90 Å².